The fraction of sp³-hybridized carbons (Fsp3) is 0.208. The minimum Gasteiger partial charge on any atom is -0.497 e. The highest BCUT2D eigenvalue weighted by molar-refractivity contribution is 5.77. The van der Waals surface area contributed by atoms with Gasteiger partial charge in [0.25, 0.3) is 5.91 Å². The summed E-state index contributed by atoms with van der Waals surface area (Å²) in [6.45, 7) is 1.63. The van der Waals surface area contributed by atoms with Gasteiger partial charge in [0.15, 0.2) is 6.61 Å². The van der Waals surface area contributed by atoms with Crippen molar-refractivity contribution in [2.24, 2.45) is 0 Å². The zero-order valence-electron chi connectivity index (χ0n) is 16.6. The van der Waals surface area contributed by atoms with Crippen molar-refractivity contribution in [1.29, 1.82) is 0 Å². The molecule has 0 spiro atoms. The molecular weight excluding hydrogens is 366 g/mol. The molecule has 150 valence electrons. The Morgan fingerprint density at radius 3 is 2.10 bits per heavy atom. The first-order valence-electron chi connectivity index (χ1n) is 9.40. The summed E-state index contributed by atoms with van der Waals surface area (Å²) < 4.78 is 10.5. The van der Waals surface area contributed by atoms with Crippen LogP contribution in [0.4, 0.5) is 0 Å². The van der Waals surface area contributed by atoms with E-state index in [1.807, 2.05) is 54.6 Å². The standard InChI is InChI=1S/C24H25NO4/c1-24(27,20-10-8-19(9-11-20)18-6-4-3-5-7-18)17-25-23(26)16-29-22-14-12-21(28-2)13-15-22/h3-15,27H,16-17H2,1-2H3,(H,25,26). The van der Waals surface area contributed by atoms with E-state index in [0.717, 1.165) is 22.4 Å². The highest BCUT2D eigenvalue weighted by Crippen LogP contribution is 2.25. The van der Waals surface area contributed by atoms with Crippen LogP contribution in [0.15, 0.2) is 78.9 Å². The minimum atomic E-state index is -1.19. The molecule has 0 fully saturated rings. The lowest BCUT2D eigenvalue weighted by molar-refractivity contribution is -0.124. The molecule has 0 radical (unpaired) electrons. The van der Waals surface area contributed by atoms with Crippen LogP contribution in [0.25, 0.3) is 11.1 Å². The smallest absolute Gasteiger partial charge is 0.258 e. The summed E-state index contributed by atoms with van der Waals surface area (Å²) in [5.41, 5.74) is 1.73. The Morgan fingerprint density at radius 2 is 1.48 bits per heavy atom. The summed E-state index contributed by atoms with van der Waals surface area (Å²) in [7, 11) is 1.59. The second kappa shape index (κ2) is 9.26. The topological polar surface area (TPSA) is 67.8 Å². The summed E-state index contributed by atoms with van der Waals surface area (Å²) in [5, 5.41) is 13.5. The highest BCUT2D eigenvalue weighted by Gasteiger charge is 2.24. The van der Waals surface area contributed by atoms with Gasteiger partial charge in [-0.25, -0.2) is 0 Å². The Bertz CT molecular complexity index is 919. The summed E-state index contributed by atoms with van der Waals surface area (Å²) >= 11 is 0. The lowest BCUT2D eigenvalue weighted by Crippen LogP contribution is -2.40. The van der Waals surface area contributed by atoms with Crippen LogP contribution in [0.1, 0.15) is 12.5 Å². The third kappa shape index (κ3) is 5.59. The number of nitrogens with one attached hydrogen (secondary N) is 1. The lowest BCUT2D eigenvalue weighted by atomic mass is 9.93. The number of carbonyl (C=O) groups is 1. The Morgan fingerprint density at radius 1 is 0.897 bits per heavy atom. The minimum absolute atomic E-state index is 0.0858. The SMILES string of the molecule is COc1ccc(OCC(=O)NCC(C)(O)c2ccc(-c3ccccc3)cc2)cc1. The zero-order chi connectivity index (χ0) is 20.7. The third-order valence-corrected chi connectivity index (χ3v) is 4.67. The summed E-state index contributed by atoms with van der Waals surface area (Å²) in [6, 6.07) is 24.7. The number of carbonyl (C=O) groups excluding carboxylic acids is 1. The van der Waals surface area contributed by atoms with E-state index < -0.39 is 5.60 Å². The van der Waals surface area contributed by atoms with Crippen LogP contribution < -0.4 is 14.8 Å². The van der Waals surface area contributed by atoms with Gasteiger partial charge in [-0.05, 0) is 47.9 Å². The molecule has 1 unspecified atom stereocenters. The molecule has 5 heteroatoms. The van der Waals surface area contributed by atoms with Gasteiger partial charge in [-0.2, -0.15) is 0 Å². The molecule has 5 nitrogen and oxygen atoms in total. The molecule has 0 aromatic heterocycles. The molecule has 0 saturated heterocycles. The number of ether oxygens (including phenoxy) is 2. The van der Waals surface area contributed by atoms with Crippen LogP contribution in [0.5, 0.6) is 11.5 Å². The maximum absolute atomic E-state index is 12.1. The van der Waals surface area contributed by atoms with Crippen molar-refractivity contribution in [1.82, 2.24) is 5.32 Å². The van der Waals surface area contributed by atoms with E-state index in [9.17, 15) is 9.90 Å². The molecule has 0 aliphatic heterocycles. The molecule has 0 bridgehead atoms. The fourth-order valence-electron chi connectivity index (χ4n) is 2.90. The number of methoxy groups -OCH3 is 1. The molecule has 0 aliphatic rings. The first kappa shape index (κ1) is 20.4. The first-order chi connectivity index (χ1) is 14.0. The Balaban J connectivity index is 1.52. The Labute approximate surface area is 170 Å². The first-order valence-corrected chi connectivity index (χ1v) is 9.40. The van der Waals surface area contributed by atoms with E-state index in [0.29, 0.717) is 5.75 Å². The number of amides is 1. The van der Waals surface area contributed by atoms with Gasteiger partial charge in [0.1, 0.15) is 17.1 Å². The molecule has 3 aromatic carbocycles. The Kier molecular flexibility index (Phi) is 6.52. The predicted octanol–water partition coefficient (Wildman–Crippen LogP) is 3.76. The van der Waals surface area contributed by atoms with Gasteiger partial charge in [-0.1, -0.05) is 54.6 Å². The van der Waals surface area contributed by atoms with E-state index in [4.69, 9.17) is 9.47 Å². The highest BCUT2D eigenvalue weighted by atomic mass is 16.5. The van der Waals surface area contributed by atoms with Crippen molar-refractivity contribution in [2.75, 3.05) is 20.3 Å². The second-order valence-electron chi connectivity index (χ2n) is 6.96. The van der Waals surface area contributed by atoms with Gasteiger partial charge < -0.3 is 19.9 Å². The van der Waals surface area contributed by atoms with Gasteiger partial charge in [-0.15, -0.1) is 0 Å². The maximum atomic E-state index is 12.1. The molecule has 2 N–H and O–H groups in total. The van der Waals surface area contributed by atoms with Gasteiger partial charge in [0.05, 0.1) is 13.7 Å². The molecule has 0 aliphatic carbocycles. The molecule has 0 saturated carbocycles. The molecule has 29 heavy (non-hydrogen) atoms. The predicted molar refractivity (Wildman–Crippen MR) is 113 cm³/mol. The summed E-state index contributed by atoms with van der Waals surface area (Å²) in [6.07, 6.45) is 0. The molecule has 1 atom stereocenters. The van der Waals surface area contributed by atoms with Gasteiger partial charge in [0, 0.05) is 0 Å². The van der Waals surface area contributed by atoms with Crippen LogP contribution >= 0.6 is 0 Å². The number of aliphatic hydroxyl groups is 1. The van der Waals surface area contributed by atoms with E-state index >= 15 is 0 Å². The average molecular weight is 391 g/mol. The van der Waals surface area contributed by atoms with E-state index in [2.05, 4.69) is 5.32 Å². The lowest BCUT2D eigenvalue weighted by Gasteiger charge is -2.24. The maximum Gasteiger partial charge on any atom is 0.258 e. The van der Waals surface area contributed by atoms with Crippen molar-refractivity contribution in [3.63, 3.8) is 0 Å². The van der Waals surface area contributed by atoms with Crippen molar-refractivity contribution in [3.8, 4) is 22.6 Å². The number of hydrogen-bond donors (Lipinski definition) is 2. The van der Waals surface area contributed by atoms with Gasteiger partial charge in [-0.3, -0.25) is 4.79 Å². The quantitative estimate of drug-likeness (QED) is 0.613. The van der Waals surface area contributed by atoms with Crippen molar-refractivity contribution in [2.45, 2.75) is 12.5 Å². The van der Waals surface area contributed by atoms with Crippen molar-refractivity contribution >= 4 is 5.91 Å². The number of hydrogen-bond acceptors (Lipinski definition) is 4. The molecule has 0 heterocycles. The molecule has 1 amide bonds. The van der Waals surface area contributed by atoms with Gasteiger partial charge >= 0.3 is 0 Å². The summed E-state index contributed by atoms with van der Waals surface area (Å²) in [5.74, 6) is 0.988. The Hall–Kier alpha value is -3.31. The third-order valence-electron chi connectivity index (χ3n) is 4.67. The molecular formula is C24H25NO4. The summed E-state index contributed by atoms with van der Waals surface area (Å²) in [4.78, 5) is 12.1. The van der Waals surface area contributed by atoms with Crippen LogP contribution in [-0.2, 0) is 10.4 Å². The molecule has 3 rings (SSSR count). The molecule has 3 aromatic rings. The largest absolute Gasteiger partial charge is 0.497 e. The normalized spacial score (nSPS) is 12.7. The second-order valence-corrected chi connectivity index (χ2v) is 6.96. The van der Waals surface area contributed by atoms with E-state index in [1.165, 1.54) is 0 Å². The van der Waals surface area contributed by atoms with E-state index in [1.54, 1.807) is 38.3 Å². The average Bonchev–Trinajstić information content (AvgIpc) is 2.77. The van der Waals surface area contributed by atoms with Gasteiger partial charge in [0.2, 0.25) is 0 Å². The zero-order valence-corrected chi connectivity index (χ0v) is 16.6. The number of benzene rings is 3. The van der Waals surface area contributed by atoms with Crippen molar-refractivity contribution in [3.05, 3.63) is 84.4 Å². The van der Waals surface area contributed by atoms with Crippen molar-refractivity contribution < 1.29 is 19.4 Å². The fourth-order valence-corrected chi connectivity index (χ4v) is 2.90. The van der Waals surface area contributed by atoms with Crippen LogP contribution in [0.2, 0.25) is 0 Å². The van der Waals surface area contributed by atoms with Crippen LogP contribution in [0, 0.1) is 0 Å². The number of rotatable bonds is 8. The van der Waals surface area contributed by atoms with Crippen LogP contribution in [0.3, 0.4) is 0 Å². The van der Waals surface area contributed by atoms with E-state index in [-0.39, 0.29) is 19.1 Å². The monoisotopic (exact) mass is 391 g/mol. The van der Waals surface area contributed by atoms with Crippen LogP contribution in [-0.4, -0.2) is 31.3 Å².